The zero-order chi connectivity index (χ0) is 20.1. The van der Waals surface area contributed by atoms with Gasteiger partial charge in [0.2, 0.25) is 0 Å². The van der Waals surface area contributed by atoms with E-state index < -0.39 is 5.60 Å². The van der Waals surface area contributed by atoms with Crippen LogP contribution in [0.5, 0.6) is 11.5 Å². The minimum Gasteiger partial charge on any atom is -0.477 e. The second kappa shape index (κ2) is 6.27. The summed E-state index contributed by atoms with van der Waals surface area (Å²) in [5.41, 5.74) is 5.03. The third kappa shape index (κ3) is 2.21. The van der Waals surface area contributed by atoms with Crippen LogP contribution in [-0.2, 0) is 5.60 Å². The van der Waals surface area contributed by atoms with Gasteiger partial charge in [-0.15, -0.1) is 6.42 Å². The van der Waals surface area contributed by atoms with Gasteiger partial charge in [-0.3, -0.25) is 0 Å². The second-order valence-electron chi connectivity index (χ2n) is 7.59. The van der Waals surface area contributed by atoms with Crippen LogP contribution in [0.3, 0.4) is 0 Å². The zero-order valence-electron chi connectivity index (χ0n) is 16.3. The number of hydrogen-bond donors (Lipinski definition) is 0. The molecule has 6 rings (SSSR count). The van der Waals surface area contributed by atoms with Gasteiger partial charge in [-0.1, -0.05) is 78.7 Å². The third-order valence-electron chi connectivity index (χ3n) is 6.01. The van der Waals surface area contributed by atoms with Crippen LogP contribution in [-0.4, -0.2) is 6.61 Å². The van der Waals surface area contributed by atoms with Crippen LogP contribution in [0.1, 0.15) is 16.7 Å². The largest absolute Gasteiger partial charge is 0.477 e. The molecular weight excluding hydrogens is 368 g/mol. The van der Waals surface area contributed by atoms with E-state index in [4.69, 9.17) is 15.9 Å². The van der Waals surface area contributed by atoms with Gasteiger partial charge in [0.05, 0.1) is 0 Å². The Morgan fingerprint density at radius 1 is 0.867 bits per heavy atom. The summed E-state index contributed by atoms with van der Waals surface area (Å²) in [5, 5.41) is 2.23. The maximum atomic E-state index is 6.89. The van der Waals surface area contributed by atoms with E-state index in [0.29, 0.717) is 5.75 Å². The van der Waals surface area contributed by atoms with E-state index in [1.54, 1.807) is 0 Å². The lowest BCUT2D eigenvalue weighted by molar-refractivity contribution is 0.158. The maximum Gasteiger partial charge on any atom is 0.179 e. The highest BCUT2D eigenvalue weighted by Gasteiger charge is 2.45. The molecule has 30 heavy (non-hydrogen) atoms. The lowest BCUT2D eigenvalue weighted by atomic mass is 9.87. The summed E-state index contributed by atoms with van der Waals surface area (Å²) in [7, 11) is 0. The summed E-state index contributed by atoms with van der Waals surface area (Å²) in [6, 6.07) is 27.2. The van der Waals surface area contributed by atoms with E-state index in [9.17, 15) is 0 Å². The Morgan fingerprint density at radius 2 is 1.53 bits per heavy atom. The van der Waals surface area contributed by atoms with Crippen LogP contribution in [0.15, 0.2) is 84.9 Å². The Morgan fingerprint density at radius 3 is 2.27 bits per heavy atom. The van der Waals surface area contributed by atoms with E-state index >= 15 is 0 Å². The highest BCUT2D eigenvalue weighted by Crippen LogP contribution is 2.55. The molecule has 0 amide bonds. The van der Waals surface area contributed by atoms with Crippen LogP contribution in [0.2, 0.25) is 0 Å². The van der Waals surface area contributed by atoms with Gasteiger partial charge in [-0.05, 0) is 40.1 Å². The van der Waals surface area contributed by atoms with Crippen molar-refractivity contribution in [3.8, 4) is 35.0 Å². The van der Waals surface area contributed by atoms with Crippen molar-refractivity contribution < 1.29 is 9.47 Å². The van der Waals surface area contributed by atoms with Crippen molar-refractivity contribution in [3.05, 3.63) is 102 Å². The molecule has 0 saturated carbocycles. The fourth-order valence-electron chi connectivity index (χ4n) is 4.74. The minimum absolute atomic E-state index is 0.192. The molecule has 4 aromatic carbocycles. The molecule has 4 aromatic rings. The fourth-order valence-corrected chi connectivity index (χ4v) is 4.74. The van der Waals surface area contributed by atoms with Gasteiger partial charge in [0.1, 0.15) is 6.61 Å². The minimum atomic E-state index is -0.684. The van der Waals surface area contributed by atoms with Gasteiger partial charge in [-0.2, -0.15) is 0 Å². The molecule has 2 nitrogen and oxygen atoms in total. The van der Waals surface area contributed by atoms with Crippen LogP contribution in [0, 0.1) is 12.3 Å². The molecule has 142 valence electrons. The van der Waals surface area contributed by atoms with E-state index in [1.807, 2.05) is 18.2 Å². The third-order valence-corrected chi connectivity index (χ3v) is 6.01. The van der Waals surface area contributed by atoms with Crippen molar-refractivity contribution in [3.63, 3.8) is 0 Å². The molecule has 2 heteroatoms. The normalized spacial score (nSPS) is 14.5. The second-order valence-corrected chi connectivity index (χ2v) is 7.59. The Balaban J connectivity index is 1.63. The lowest BCUT2D eigenvalue weighted by Crippen LogP contribution is -2.32. The van der Waals surface area contributed by atoms with E-state index in [-0.39, 0.29) is 6.61 Å². The van der Waals surface area contributed by atoms with Crippen molar-refractivity contribution >= 4 is 16.8 Å². The Hall–Kier alpha value is -3.96. The molecule has 0 fully saturated rings. The average Bonchev–Trinajstić information content (AvgIpc) is 3.07. The van der Waals surface area contributed by atoms with Gasteiger partial charge in [-0.25, -0.2) is 0 Å². The summed E-state index contributed by atoms with van der Waals surface area (Å²) in [6.07, 6.45) is 9.82. The summed E-state index contributed by atoms with van der Waals surface area (Å²) >= 11 is 0. The number of hydrogen-bond acceptors (Lipinski definition) is 2. The van der Waals surface area contributed by atoms with Crippen LogP contribution in [0.25, 0.3) is 28.0 Å². The summed E-state index contributed by atoms with van der Waals surface area (Å²) in [6.45, 7) is 0.192. The van der Waals surface area contributed by atoms with E-state index in [1.165, 1.54) is 11.1 Å². The molecule has 1 heterocycles. The molecule has 0 N–H and O–H groups in total. The van der Waals surface area contributed by atoms with Gasteiger partial charge >= 0.3 is 0 Å². The van der Waals surface area contributed by atoms with Crippen molar-refractivity contribution in [2.45, 2.75) is 5.60 Å². The Labute approximate surface area is 175 Å². The molecule has 1 aliphatic carbocycles. The number of ether oxygens (including phenoxy) is 2. The van der Waals surface area contributed by atoms with Gasteiger partial charge in [0.15, 0.2) is 17.1 Å². The summed E-state index contributed by atoms with van der Waals surface area (Å²) < 4.78 is 12.8. The maximum absolute atomic E-state index is 6.89. The number of terminal acetylenes is 1. The standard InChI is InChI=1S/C28H18O2/c1-2-17-29-26-18-19-9-3-4-10-20(19)23-15-16-28(30-27(23)26)24-13-7-5-11-21(24)22-12-6-8-14-25(22)28/h1,3-16,18H,17H2. The quantitative estimate of drug-likeness (QED) is 0.383. The van der Waals surface area contributed by atoms with Gasteiger partial charge in [0, 0.05) is 16.7 Å². The molecule has 0 unspecified atom stereocenters. The monoisotopic (exact) mass is 386 g/mol. The molecular formula is C28H18O2. The van der Waals surface area contributed by atoms with Crippen LogP contribution in [0.4, 0.5) is 0 Å². The number of benzene rings is 4. The summed E-state index contributed by atoms with van der Waals surface area (Å²) in [5.74, 6) is 3.98. The molecule has 0 saturated heterocycles. The molecule has 0 bridgehead atoms. The Bertz CT molecular complexity index is 1340. The predicted molar refractivity (Wildman–Crippen MR) is 121 cm³/mol. The van der Waals surface area contributed by atoms with Crippen molar-refractivity contribution in [2.75, 3.05) is 6.61 Å². The lowest BCUT2D eigenvalue weighted by Gasteiger charge is -2.34. The topological polar surface area (TPSA) is 18.5 Å². The predicted octanol–water partition coefficient (Wildman–Crippen LogP) is 6.18. The molecule has 0 radical (unpaired) electrons. The van der Waals surface area contributed by atoms with Crippen molar-refractivity contribution in [1.82, 2.24) is 0 Å². The van der Waals surface area contributed by atoms with Crippen molar-refractivity contribution in [2.24, 2.45) is 0 Å². The van der Waals surface area contributed by atoms with Crippen LogP contribution < -0.4 is 9.47 Å². The van der Waals surface area contributed by atoms with Crippen molar-refractivity contribution in [1.29, 1.82) is 0 Å². The first-order chi connectivity index (χ1) is 14.8. The zero-order valence-corrected chi connectivity index (χ0v) is 16.3. The smallest absolute Gasteiger partial charge is 0.179 e. The SMILES string of the molecule is C#CCOc1cc2ccccc2c2c1OC1(C=C2)c2ccccc2-c2ccccc21. The average molecular weight is 386 g/mol. The summed E-state index contributed by atoms with van der Waals surface area (Å²) in [4.78, 5) is 0. The Kier molecular flexibility index (Phi) is 3.54. The molecule has 0 aromatic heterocycles. The van der Waals surface area contributed by atoms with Gasteiger partial charge < -0.3 is 9.47 Å². The molecule has 0 atom stereocenters. The first-order valence-corrected chi connectivity index (χ1v) is 10.0. The molecule has 2 aliphatic rings. The number of rotatable bonds is 2. The fraction of sp³-hybridized carbons (Fsp3) is 0.0714. The molecule has 1 aliphatic heterocycles. The first-order valence-electron chi connectivity index (χ1n) is 10.0. The highest BCUT2D eigenvalue weighted by molar-refractivity contribution is 5.97. The highest BCUT2D eigenvalue weighted by atomic mass is 16.5. The van der Waals surface area contributed by atoms with E-state index in [2.05, 4.69) is 78.7 Å². The van der Waals surface area contributed by atoms with E-state index in [0.717, 1.165) is 33.2 Å². The number of fused-ring (bicyclic) bond motifs is 8. The first kappa shape index (κ1) is 16.9. The molecule has 1 spiro atoms. The van der Waals surface area contributed by atoms with Gasteiger partial charge in [0.25, 0.3) is 0 Å². The van der Waals surface area contributed by atoms with Crippen LogP contribution >= 0.6 is 0 Å².